The second-order valence-electron chi connectivity index (χ2n) is 5.70. The van der Waals surface area contributed by atoms with E-state index in [1.165, 1.54) is 0 Å². The minimum absolute atomic E-state index is 0.0184. The van der Waals surface area contributed by atoms with Crippen LogP contribution in [0.3, 0.4) is 0 Å². The van der Waals surface area contributed by atoms with Gasteiger partial charge in [-0.2, -0.15) is 11.3 Å². The van der Waals surface area contributed by atoms with E-state index in [2.05, 4.69) is 5.32 Å². The van der Waals surface area contributed by atoms with Crippen LogP contribution in [-0.4, -0.2) is 29.3 Å². The molecule has 1 aromatic carbocycles. The van der Waals surface area contributed by atoms with Crippen LogP contribution in [0.2, 0.25) is 10.0 Å². The van der Waals surface area contributed by atoms with Gasteiger partial charge in [-0.3, -0.25) is 9.59 Å². The fourth-order valence-corrected chi connectivity index (χ4v) is 4.05. The third kappa shape index (κ3) is 4.09. The molecule has 3 rings (SSSR count). The first-order valence-electron chi connectivity index (χ1n) is 7.60. The van der Waals surface area contributed by atoms with E-state index in [0.29, 0.717) is 35.1 Å². The highest BCUT2D eigenvalue weighted by Crippen LogP contribution is 2.25. The fourth-order valence-electron chi connectivity index (χ4n) is 2.86. The number of benzene rings is 1. The molecule has 1 aliphatic heterocycles. The lowest BCUT2D eigenvalue weighted by molar-refractivity contribution is -0.136. The lowest BCUT2D eigenvalue weighted by Gasteiger charge is -2.24. The molecule has 1 aromatic heterocycles. The molecule has 2 amide bonds. The normalized spacial score (nSPS) is 17.1. The number of nitrogens with zero attached hydrogens (tertiary/aromatic N) is 1. The van der Waals surface area contributed by atoms with Crippen LogP contribution in [0.4, 0.5) is 5.69 Å². The average molecular weight is 383 g/mol. The van der Waals surface area contributed by atoms with Crippen LogP contribution in [0, 0.1) is 0 Å². The summed E-state index contributed by atoms with van der Waals surface area (Å²) in [6, 6.07) is 6.36. The highest BCUT2D eigenvalue weighted by molar-refractivity contribution is 7.08. The molecule has 1 saturated heterocycles. The van der Waals surface area contributed by atoms with Gasteiger partial charge in [0.1, 0.15) is 6.04 Å². The van der Waals surface area contributed by atoms with Crippen molar-refractivity contribution < 1.29 is 9.59 Å². The highest BCUT2D eigenvalue weighted by Gasteiger charge is 2.34. The summed E-state index contributed by atoms with van der Waals surface area (Å²) in [4.78, 5) is 26.7. The SMILES string of the molecule is O=C(Nc1cc(Cl)cc(Cl)c1)C1CCCN1C(=O)Cc1ccsc1. The van der Waals surface area contributed by atoms with Gasteiger partial charge in [-0.05, 0) is 53.4 Å². The third-order valence-corrected chi connectivity index (χ3v) is 5.11. The largest absolute Gasteiger partial charge is 0.330 e. The van der Waals surface area contributed by atoms with Gasteiger partial charge in [0.25, 0.3) is 0 Å². The van der Waals surface area contributed by atoms with Crippen molar-refractivity contribution in [1.29, 1.82) is 0 Å². The summed E-state index contributed by atoms with van der Waals surface area (Å²) in [7, 11) is 0. The lowest BCUT2D eigenvalue weighted by atomic mass is 10.1. The maximum absolute atomic E-state index is 12.6. The predicted octanol–water partition coefficient (Wildman–Crippen LogP) is 4.23. The van der Waals surface area contributed by atoms with E-state index in [4.69, 9.17) is 23.2 Å². The van der Waals surface area contributed by atoms with E-state index in [1.54, 1.807) is 34.4 Å². The molecular weight excluding hydrogens is 367 g/mol. The van der Waals surface area contributed by atoms with Crippen molar-refractivity contribution in [2.45, 2.75) is 25.3 Å². The Balaban J connectivity index is 1.67. The molecule has 126 valence electrons. The van der Waals surface area contributed by atoms with Crippen molar-refractivity contribution in [2.24, 2.45) is 0 Å². The van der Waals surface area contributed by atoms with Gasteiger partial charge in [-0.25, -0.2) is 0 Å². The fraction of sp³-hybridized carbons (Fsp3) is 0.294. The zero-order chi connectivity index (χ0) is 17.1. The van der Waals surface area contributed by atoms with Gasteiger partial charge in [0.15, 0.2) is 0 Å². The van der Waals surface area contributed by atoms with Gasteiger partial charge in [0.05, 0.1) is 6.42 Å². The molecule has 1 atom stereocenters. The number of rotatable bonds is 4. The molecular formula is C17H16Cl2N2O2S. The number of nitrogens with one attached hydrogen (secondary N) is 1. The minimum Gasteiger partial charge on any atom is -0.330 e. The van der Waals surface area contributed by atoms with Crippen molar-refractivity contribution >= 4 is 52.0 Å². The highest BCUT2D eigenvalue weighted by atomic mass is 35.5. The molecule has 0 spiro atoms. The Morgan fingerprint density at radius 3 is 2.67 bits per heavy atom. The summed E-state index contributed by atoms with van der Waals surface area (Å²) in [5, 5.41) is 7.62. The van der Waals surface area contributed by atoms with E-state index in [9.17, 15) is 9.59 Å². The minimum atomic E-state index is -0.450. The molecule has 0 radical (unpaired) electrons. The Hall–Kier alpha value is -1.56. The van der Waals surface area contributed by atoms with E-state index in [1.807, 2.05) is 16.8 Å². The molecule has 4 nitrogen and oxygen atoms in total. The molecule has 7 heteroatoms. The van der Waals surface area contributed by atoms with Gasteiger partial charge >= 0.3 is 0 Å². The van der Waals surface area contributed by atoms with Crippen LogP contribution in [0.5, 0.6) is 0 Å². The third-order valence-electron chi connectivity index (χ3n) is 3.94. The maximum Gasteiger partial charge on any atom is 0.247 e. The van der Waals surface area contributed by atoms with E-state index in [-0.39, 0.29) is 11.8 Å². The van der Waals surface area contributed by atoms with Gasteiger partial charge in [0.2, 0.25) is 11.8 Å². The van der Waals surface area contributed by atoms with Gasteiger partial charge in [0, 0.05) is 22.3 Å². The van der Waals surface area contributed by atoms with Crippen LogP contribution in [0.25, 0.3) is 0 Å². The zero-order valence-electron chi connectivity index (χ0n) is 12.8. The van der Waals surface area contributed by atoms with Crippen LogP contribution in [-0.2, 0) is 16.0 Å². The molecule has 0 saturated carbocycles. The van der Waals surface area contributed by atoms with Crippen molar-refractivity contribution in [3.8, 4) is 0 Å². The van der Waals surface area contributed by atoms with E-state index >= 15 is 0 Å². The van der Waals surface area contributed by atoms with Crippen molar-refractivity contribution in [3.05, 3.63) is 50.6 Å². The number of amides is 2. The molecule has 1 aliphatic rings. The lowest BCUT2D eigenvalue weighted by Crippen LogP contribution is -2.43. The number of halogens is 2. The zero-order valence-corrected chi connectivity index (χ0v) is 15.1. The smallest absolute Gasteiger partial charge is 0.247 e. The quantitative estimate of drug-likeness (QED) is 0.859. The topological polar surface area (TPSA) is 49.4 Å². The van der Waals surface area contributed by atoms with E-state index in [0.717, 1.165) is 12.0 Å². The first-order valence-corrected chi connectivity index (χ1v) is 9.30. The standard InChI is InChI=1S/C17H16Cl2N2O2S/c18-12-7-13(19)9-14(8-12)20-17(23)15-2-1-4-21(15)16(22)6-11-3-5-24-10-11/h3,5,7-10,15H,1-2,4,6H2,(H,20,23). The van der Waals surface area contributed by atoms with E-state index < -0.39 is 6.04 Å². The molecule has 1 fully saturated rings. The summed E-state index contributed by atoms with van der Waals surface area (Å²) >= 11 is 13.5. The second-order valence-corrected chi connectivity index (χ2v) is 7.35. The number of anilines is 1. The second kappa shape index (κ2) is 7.55. The van der Waals surface area contributed by atoms with Gasteiger partial charge in [-0.1, -0.05) is 23.2 Å². The number of thiophene rings is 1. The number of carbonyl (C=O) groups is 2. The van der Waals surface area contributed by atoms with Crippen LogP contribution in [0.15, 0.2) is 35.0 Å². The summed E-state index contributed by atoms with van der Waals surface area (Å²) in [6.45, 7) is 0.608. The average Bonchev–Trinajstić information content (AvgIpc) is 3.16. The van der Waals surface area contributed by atoms with Gasteiger partial charge < -0.3 is 10.2 Å². The Labute approximate surface area is 154 Å². The molecule has 24 heavy (non-hydrogen) atoms. The number of hydrogen-bond acceptors (Lipinski definition) is 3. The molecule has 2 aromatic rings. The Bertz CT molecular complexity index is 729. The Morgan fingerprint density at radius 1 is 1.25 bits per heavy atom. The van der Waals surface area contributed by atoms with Crippen LogP contribution >= 0.6 is 34.5 Å². The number of carbonyl (C=O) groups excluding carboxylic acids is 2. The van der Waals surface area contributed by atoms with Crippen LogP contribution < -0.4 is 5.32 Å². The summed E-state index contributed by atoms with van der Waals surface area (Å²) in [5.74, 6) is -0.223. The first kappa shape index (κ1) is 17.3. The molecule has 0 bridgehead atoms. The molecule has 2 heterocycles. The Kier molecular flexibility index (Phi) is 5.43. The monoisotopic (exact) mass is 382 g/mol. The molecule has 1 N–H and O–H groups in total. The summed E-state index contributed by atoms with van der Waals surface area (Å²) < 4.78 is 0. The molecule has 1 unspecified atom stereocenters. The van der Waals surface area contributed by atoms with Crippen molar-refractivity contribution in [3.63, 3.8) is 0 Å². The van der Waals surface area contributed by atoms with Gasteiger partial charge in [-0.15, -0.1) is 0 Å². The maximum atomic E-state index is 12.6. The predicted molar refractivity (Wildman–Crippen MR) is 97.8 cm³/mol. The Morgan fingerprint density at radius 2 is 2.00 bits per heavy atom. The van der Waals surface area contributed by atoms with Crippen LogP contribution in [0.1, 0.15) is 18.4 Å². The number of hydrogen-bond donors (Lipinski definition) is 1. The first-order chi connectivity index (χ1) is 11.5. The summed E-state index contributed by atoms with van der Waals surface area (Å²) in [6.07, 6.45) is 1.82. The molecule has 0 aliphatic carbocycles. The van der Waals surface area contributed by atoms with Crippen molar-refractivity contribution in [1.82, 2.24) is 4.90 Å². The summed E-state index contributed by atoms with van der Waals surface area (Å²) in [5.41, 5.74) is 1.52. The number of likely N-dealkylation sites (tertiary alicyclic amines) is 1. The van der Waals surface area contributed by atoms with Crippen molar-refractivity contribution in [2.75, 3.05) is 11.9 Å².